The molecule has 9 amide bonds. The van der Waals surface area contributed by atoms with Crippen LogP contribution in [0.3, 0.4) is 0 Å². The quantitative estimate of drug-likeness (QED) is 0.0260. The maximum absolute atomic E-state index is 16.4. The first kappa shape index (κ1) is 96.9. The number of hydrogen-bond acceptors (Lipinski definition) is 30. The van der Waals surface area contributed by atoms with Gasteiger partial charge in [-0.05, 0) is 145 Å². The SMILES string of the molecule is CNC(CC(C)C)C(=O)NC1C(=O)NC(CC(N)=O)C(=O)NC2C(=O)NC3C(=O)NC(C(=O)NC(C(=O)NOC(=O)C[N+](C)(C)C)c4cc(O)cc(O)c4-c4cc3ccc4O)C(O)c3ccc(c(Cl)c3)Oc3cc2cc(c3OC2OC(CO)C(O)C(O)C2OC2CC(C)(NCCn3ccc(NC(=O)/C=C/c4ccc(Cl)cc4)nc3=O)C(O)C(C)O2)Oc2ccc(cc2Cl)C1O. The van der Waals surface area contributed by atoms with Crippen molar-refractivity contribution in [2.24, 2.45) is 11.7 Å². The number of rotatable bonds is 22. The lowest BCUT2D eigenvalue weighted by Gasteiger charge is -2.48. The summed E-state index contributed by atoms with van der Waals surface area (Å²) < 4.78 is 40.7. The largest absolute Gasteiger partial charge is 0.508 e. The van der Waals surface area contributed by atoms with Crippen molar-refractivity contribution in [1.82, 2.24) is 57.6 Å². The van der Waals surface area contributed by atoms with Crippen molar-refractivity contribution in [1.29, 1.82) is 0 Å². The molecule has 21 N–H and O–H groups in total. The van der Waals surface area contributed by atoms with Gasteiger partial charge in [-0.1, -0.05) is 79.0 Å². The fourth-order valence-corrected chi connectivity index (χ4v) is 15.9. The van der Waals surface area contributed by atoms with Gasteiger partial charge in [-0.2, -0.15) is 10.5 Å². The van der Waals surface area contributed by atoms with E-state index in [1.165, 1.54) is 55.1 Å². The zero-order chi connectivity index (χ0) is 94.4. The minimum absolute atomic E-state index is 0.0104. The summed E-state index contributed by atoms with van der Waals surface area (Å²) in [5, 5.41) is 130. The van der Waals surface area contributed by atoms with Gasteiger partial charge in [0.1, 0.15) is 101 Å². The number of primary amides is 1. The molecule has 18 unspecified atom stereocenters. The molecule has 6 aromatic carbocycles. The summed E-state index contributed by atoms with van der Waals surface area (Å²) in [5.74, 6) is -17.8. The molecule has 11 bridgehead atoms. The topological polar surface area (TPSA) is 599 Å². The first-order valence-corrected chi connectivity index (χ1v) is 41.9. The summed E-state index contributed by atoms with van der Waals surface area (Å²) in [6.45, 7) is 5.22. The predicted molar refractivity (Wildman–Crippen MR) is 460 cm³/mol. The van der Waals surface area contributed by atoms with Crippen LogP contribution in [-0.2, 0) is 73.5 Å². The molecule has 694 valence electrons. The van der Waals surface area contributed by atoms with Crippen molar-refractivity contribution < 1.29 is 132 Å². The lowest BCUT2D eigenvalue weighted by atomic mass is 9.85. The maximum Gasteiger partial charge on any atom is 0.386 e. The number of likely N-dealkylation sites (N-methyl/N-ethyl adjacent to an activating group) is 2. The van der Waals surface area contributed by atoms with Crippen LogP contribution >= 0.6 is 34.8 Å². The smallest absolute Gasteiger partial charge is 0.386 e. The number of benzene rings is 6. The number of halogens is 3. The number of phenolic OH excluding ortho intramolecular Hbond substituents is 3. The molecule has 7 aliphatic rings. The molecular weight excluding hydrogens is 1770 g/mol. The van der Waals surface area contributed by atoms with Crippen molar-refractivity contribution in [3.8, 4) is 57.1 Å². The van der Waals surface area contributed by atoms with Crippen molar-refractivity contribution >= 4 is 106 Å². The first-order chi connectivity index (χ1) is 61.5. The molecule has 2 saturated heterocycles. The Morgan fingerprint density at radius 3 is 1.98 bits per heavy atom. The lowest BCUT2D eigenvalue weighted by molar-refractivity contribution is -0.862. The van der Waals surface area contributed by atoms with Crippen LogP contribution in [0.4, 0.5) is 5.82 Å². The second-order valence-electron chi connectivity index (χ2n) is 33.3. The zero-order valence-corrected chi connectivity index (χ0v) is 73.2. The number of aromatic hydroxyl groups is 3. The average molecular weight is 1870 g/mol. The van der Waals surface area contributed by atoms with Gasteiger partial charge in [0, 0.05) is 59.5 Å². The van der Waals surface area contributed by atoms with E-state index < -0.39 is 271 Å². The van der Waals surface area contributed by atoms with E-state index in [0.29, 0.717) is 10.6 Å². The van der Waals surface area contributed by atoms with E-state index in [0.717, 1.165) is 66.7 Å². The average Bonchev–Trinajstić information content (AvgIpc) is 0.764. The van der Waals surface area contributed by atoms with Crippen LogP contribution in [0, 0.1) is 5.92 Å². The number of nitrogens with one attached hydrogen (secondary N) is 10. The Morgan fingerprint density at radius 2 is 1.36 bits per heavy atom. The Kier molecular flexibility index (Phi) is 30.5. The number of hydrogen-bond donors (Lipinski definition) is 20. The number of ether oxygens (including phenoxy) is 6. The molecule has 41 nitrogen and oxygen atoms in total. The Hall–Kier alpha value is -12.2. The molecule has 0 radical (unpaired) electrons. The number of aliphatic hydroxyl groups is 6. The number of amides is 9. The zero-order valence-electron chi connectivity index (χ0n) is 70.9. The van der Waals surface area contributed by atoms with E-state index in [-0.39, 0.29) is 59.8 Å². The molecular formula is C86H98Cl3N14O27+. The molecule has 14 rings (SSSR count). The van der Waals surface area contributed by atoms with Crippen LogP contribution in [0.15, 0.2) is 126 Å². The second-order valence-corrected chi connectivity index (χ2v) is 34.5. The van der Waals surface area contributed by atoms with Gasteiger partial charge in [0.2, 0.25) is 59.3 Å². The lowest BCUT2D eigenvalue weighted by Crippen LogP contribution is -2.65. The summed E-state index contributed by atoms with van der Waals surface area (Å²) in [4.78, 5) is 169. The molecule has 2 fully saturated rings. The van der Waals surface area contributed by atoms with Crippen molar-refractivity contribution in [3.05, 3.63) is 180 Å². The third-order valence-corrected chi connectivity index (χ3v) is 22.8. The highest BCUT2D eigenvalue weighted by Gasteiger charge is 2.52. The summed E-state index contributed by atoms with van der Waals surface area (Å²) in [6.07, 6.45) is -15.6. The normalized spacial score (nSPS) is 25.5. The highest BCUT2D eigenvalue weighted by atomic mass is 35.5. The van der Waals surface area contributed by atoms with Gasteiger partial charge in [0.25, 0.3) is 5.91 Å². The number of anilines is 1. The molecule has 44 heteroatoms. The summed E-state index contributed by atoms with van der Waals surface area (Å²) in [7, 11) is 6.33. The number of carbonyl (C=O) groups excluding carboxylic acids is 10. The van der Waals surface area contributed by atoms with Crippen molar-refractivity contribution in [2.75, 3.05) is 53.2 Å². The monoisotopic (exact) mass is 1860 g/mol. The van der Waals surface area contributed by atoms with Crippen LogP contribution in [0.2, 0.25) is 15.1 Å². The number of aromatic nitrogens is 2. The number of carbonyl (C=O) groups is 10. The highest BCUT2D eigenvalue weighted by Crippen LogP contribution is 2.50. The Bertz CT molecular complexity index is 5590. The van der Waals surface area contributed by atoms with E-state index in [1.54, 1.807) is 66.2 Å². The van der Waals surface area contributed by atoms with Crippen LogP contribution in [0.25, 0.3) is 17.2 Å². The minimum Gasteiger partial charge on any atom is -0.508 e. The molecule has 18 atom stereocenters. The molecule has 0 spiro atoms. The molecule has 0 saturated carbocycles. The van der Waals surface area contributed by atoms with E-state index in [1.807, 2.05) is 5.48 Å². The fourth-order valence-electron chi connectivity index (χ4n) is 15.3. The number of quaternary nitrogens is 1. The van der Waals surface area contributed by atoms with Gasteiger partial charge in [0.15, 0.2) is 30.4 Å². The summed E-state index contributed by atoms with van der Waals surface area (Å²) in [5.41, 5.74) is 3.23. The highest BCUT2D eigenvalue weighted by molar-refractivity contribution is 6.32. The molecule has 1 aromatic heterocycles. The van der Waals surface area contributed by atoms with Gasteiger partial charge in [-0.15, -0.1) is 0 Å². The van der Waals surface area contributed by atoms with Gasteiger partial charge < -0.3 is 137 Å². The Morgan fingerprint density at radius 1 is 0.723 bits per heavy atom. The third kappa shape index (κ3) is 22.8. The van der Waals surface area contributed by atoms with Crippen molar-refractivity contribution in [2.45, 2.75) is 163 Å². The molecule has 7 aliphatic heterocycles. The van der Waals surface area contributed by atoms with Gasteiger partial charge >= 0.3 is 11.7 Å². The van der Waals surface area contributed by atoms with E-state index >= 15 is 24.0 Å². The minimum atomic E-state index is -2.42. The van der Waals surface area contributed by atoms with Crippen LogP contribution in [0.1, 0.15) is 111 Å². The number of nitrogens with two attached hydrogens (primary N) is 1. The van der Waals surface area contributed by atoms with Gasteiger partial charge in [-0.3, -0.25) is 47.7 Å². The predicted octanol–water partition coefficient (Wildman–Crippen LogP) is 1.50. The van der Waals surface area contributed by atoms with E-state index in [4.69, 9.17) is 73.8 Å². The van der Waals surface area contributed by atoms with Gasteiger partial charge in [0.05, 0.1) is 62.5 Å². The second kappa shape index (κ2) is 40.9. The molecule has 0 aliphatic carbocycles. The standard InChI is InChI=1S/C86H97Cl3N14O27/c1-37(2)25-50(91-5)77(116)99-68-70(111)41-13-18-54(48(88)27-41)125-56-29-43-30-57(74(56)129-84-75(73(114)72(113)58(36-104)127-84)128-63-34-86(4,76(115)38(3)124-63)92-22-24-102-23-21-60(95-85(102)123)94-61(109)20-11-39-9-15-44(87)16-10-39)126-55-19-14-42(28-49(55)89)71(112)69-82(121)98-67(83(122)101-130-62(110)35-103(6,7)8)47-31-45(105)32-53(107)64(47)46-26-40(12-17-52(46)106)65(79(118)100-69)97-80(119)66(43)96-78(117)51(33-59(90)108)93-81(68)120/h9-21,23,26-32,37-38,50-51,58,63,65-73,75-76,84,91-92,104,111-115H,22,24-25,33-36H2,1-8H3,(H12-,90,93,94,95,96,97,98,99,100,101,105,106,107,108,109,116,117,118,119,120,121,122,123)/p+1/b20-11+. The van der Waals surface area contributed by atoms with Crippen LogP contribution in [0.5, 0.6) is 46.0 Å². The van der Waals surface area contributed by atoms with Crippen LogP contribution < -0.4 is 79.0 Å². The van der Waals surface area contributed by atoms with E-state index in [9.17, 15) is 74.7 Å². The summed E-state index contributed by atoms with van der Waals surface area (Å²) >= 11 is 20.4. The first-order valence-electron chi connectivity index (χ1n) is 40.8. The number of nitrogens with zero attached hydrogens (tertiary/aromatic N) is 3. The maximum atomic E-state index is 16.4. The summed E-state index contributed by atoms with van der Waals surface area (Å²) in [6, 6.07) is 6.95. The molecule has 7 aromatic rings. The third-order valence-electron chi connectivity index (χ3n) is 21.9. The fraction of sp³-hybridized carbons (Fsp3) is 0.395. The van der Waals surface area contributed by atoms with Crippen LogP contribution in [-0.4, -0.2) is 246 Å². The Labute approximate surface area is 756 Å². The van der Waals surface area contributed by atoms with E-state index in [2.05, 4.69) is 52.8 Å². The number of phenols is 3. The number of fused-ring (bicyclic) bond motifs is 15. The number of hydroxylamine groups is 1. The molecule has 8 heterocycles. The van der Waals surface area contributed by atoms with Gasteiger partial charge in [-0.25, -0.2) is 9.59 Å². The molecule has 130 heavy (non-hydrogen) atoms. The Balaban J connectivity index is 0.998. The van der Waals surface area contributed by atoms with Crippen molar-refractivity contribution in [3.63, 3.8) is 0 Å². The number of aliphatic hydroxyl groups excluding tert-OH is 6.